The Bertz CT molecular complexity index is 564. The zero-order valence-corrected chi connectivity index (χ0v) is 12.5. The van der Waals surface area contributed by atoms with Gasteiger partial charge in [-0.15, -0.1) is 0 Å². The smallest absolute Gasteiger partial charge is 0.215 e. The van der Waals surface area contributed by atoms with E-state index in [0.29, 0.717) is 16.6 Å². The van der Waals surface area contributed by atoms with Crippen LogP contribution in [0.3, 0.4) is 0 Å². The molecule has 0 fully saturated rings. The van der Waals surface area contributed by atoms with Crippen LogP contribution in [-0.2, 0) is 10.0 Å². The Morgan fingerprint density at radius 2 is 2.11 bits per heavy atom. The van der Waals surface area contributed by atoms with Crippen LogP contribution in [0.1, 0.15) is 5.56 Å². The van der Waals surface area contributed by atoms with E-state index < -0.39 is 10.0 Å². The average Bonchev–Trinajstić information content (AvgIpc) is 2.29. The van der Waals surface area contributed by atoms with Crippen LogP contribution < -0.4 is 5.32 Å². The van der Waals surface area contributed by atoms with Crippen LogP contribution in [0.25, 0.3) is 0 Å². The van der Waals surface area contributed by atoms with Crippen molar-refractivity contribution >= 4 is 31.6 Å². The minimum Gasteiger partial charge on any atom is -0.384 e. The lowest BCUT2D eigenvalue weighted by Gasteiger charge is -2.12. The van der Waals surface area contributed by atoms with E-state index in [9.17, 15) is 8.42 Å². The molecule has 7 heteroatoms. The van der Waals surface area contributed by atoms with Crippen LogP contribution in [0.5, 0.6) is 0 Å². The van der Waals surface area contributed by atoms with Gasteiger partial charge in [0.15, 0.2) is 0 Å². The number of nitriles is 1. The van der Waals surface area contributed by atoms with Gasteiger partial charge in [-0.2, -0.15) is 5.26 Å². The van der Waals surface area contributed by atoms with Crippen molar-refractivity contribution in [2.75, 3.05) is 31.7 Å². The summed E-state index contributed by atoms with van der Waals surface area (Å²) in [5, 5.41) is 11.8. The van der Waals surface area contributed by atoms with Crippen molar-refractivity contribution < 1.29 is 8.42 Å². The lowest BCUT2D eigenvalue weighted by molar-refractivity contribution is 0.521. The van der Waals surface area contributed by atoms with Crippen LogP contribution in [0.15, 0.2) is 22.7 Å². The molecule has 1 aromatic carbocycles. The molecule has 0 aliphatic heterocycles. The molecule has 0 aliphatic rings. The van der Waals surface area contributed by atoms with Crippen molar-refractivity contribution in [2.45, 2.75) is 0 Å². The molecule has 1 N–H and O–H groups in total. The first-order valence-corrected chi connectivity index (χ1v) is 7.61. The molecule has 0 spiro atoms. The van der Waals surface area contributed by atoms with Gasteiger partial charge >= 0.3 is 0 Å². The van der Waals surface area contributed by atoms with Gasteiger partial charge in [0.1, 0.15) is 6.07 Å². The number of anilines is 1. The van der Waals surface area contributed by atoms with Gasteiger partial charge in [-0.1, -0.05) is 0 Å². The van der Waals surface area contributed by atoms with Crippen molar-refractivity contribution in [3.63, 3.8) is 0 Å². The first kappa shape index (κ1) is 15.0. The minimum atomic E-state index is -3.18. The zero-order valence-electron chi connectivity index (χ0n) is 10.1. The molecule has 0 radical (unpaired) electrons. The van der Waals surface area contributed by atoms with Gasteiger partial charge in [-0.3, -0.25) is 0 Å². The van der Waals surface area contributed by atoms with E-state index in [0.717, 1.165) is 5.69 Å². The number of nitrogens with zero attached hydrogens (tertiary/aromatic N) is 2. The molecular formula is C11H14BrN3O2S. The lowest BCUT2D eigenvalue weighted by Crippen LogP contribution is -2.28. The Balaban J connectivity index is 2.61. The summed E-state index contributed by atoms with van der Waals surface area (Å²) in [6.07, 6.45) is 0. The molecule has 0 aromatic heterocycles. The van der Waals surface area contributed by atoms with Gasteiger partial charge in [0.25, 0.3) is 0 Å². The van der Waals surface area contributed by atoms with Gasteiger partial charge in [0, 0.05) is 30.8 Å². The predicted molar refractivity (Wildman–Crippen MR) is 74.8 cm³/mol. The highest BCUT2D eigenvalue weighted by Crippen LogP contribution is 2.20. The number of rotatable bonds is 5. The standard InChI is InChI=1S/C11H14BrN3O2S/c1-15(2)18(16,17)6-5-14-10-4-3-9(8-13)11(12)7-10/h3-4,7,14H,5-6H2,1-2H3. The van der Waals surface area contributed by atoms with Crippen LogP contribution in [-0.4, -0.2) is 39.1 Å². The Kier molecular flexibility index (Phi) is 5.14. The summed E-state index contributed by atoms with van der Waals surface area (Å²) in [6, 6.07) is 7.21. The van der Waals surface area contributed by atoms with Crippen molar-refractivity contribution in [3.8, 4) is 6.07 Å². The van der Waals surface area contributed by atoms with E-state index in [4.69, 9.17) is 5.26 Å². The number of sulfonamides is 1. The Morgan fingerprint density at radius 3 is 2.61 bits per heavy atom. The summed E-state index contributed by atoms with van der Waals surface area (Å²) in [4.78, 5) is 0. The Hall–Kier alpha value is -1.10. The molecule has 0 saturated carbocycles. The summed E-state index contributed by atoms with van der Waals surface area (Å²) >= 11 is 3.27. The molecule has 0 saturated heterocycles. The average molecular weight is 332 g/mol. The summed E-state index contributed by atoms with van der Waals surface area (Å²) < 4.78 is 24.9. The van der Waals surface area contributed by atoms with Crippen molar-refractivity contribution in [2.24, 2.45) is 0 Å². The van der Waals surface area contributed by atoms with Gasteiger partial charge in [0.05, 0.1) is 11.3 Å². The molecule has 0 heterocycles. The molecule has 0 amide bonds. The van der Waals surface area contributed by atoms with Gasteiger partial charge in [-0.25, -0.2) is 12.7 Å². The topological polar surface area (TPSA) is 73.2 Å². The van der Waals surface area contributed by atoms with E-state index in [1.54, 1.807) is 18.2 Å². The summed E-state index contributed by atoms with van der Waals surface area (Å²) in [6.45, 7) is 0.318. The quantitative estimate of drug-likeness (QED) is 0.889. The number of benzene rings is 1. The molecule has 1 rings (SSSR count). The van der Waals surface area contributed by atoms with Crippen LogP contribution in [0, 0.1) is 11.3 Å². The third-order valence-corrected chi connectivity index (χ3v) is 4.82. The largest absolute Gasteiger partial charge is 0.384 e. The van der Waals surface area contributed by atoms with Crippen molar-refractivity contribution in [1.29, 1.82) is 5.26 Å². The summed E-state index contributed by atoms with van der Waals surface area (Å²) in [5.41, 5.74) is 1.32. The molecule has 0 atom stereocenters. The zero-order chi connectivity index (χ0) is 13.8. The van der Waals surface area contributed by atoms with E-state index in [2.05, 4.69) is 21.2 Å². The fourth-order valence-electron chi connectivity index (χ4n) is 1.22. The highest BCUT2D eigenvalue weighted by atomic mass is 79.9. The molecule has 0 aliphatic carbocycles. The van der Waals surface area contributed by atoms with E-state index in [-0.39, 0.29) is 5.75 Å². The van der Waals surface area contributed by atoms with Crippen LogP contribution in [0.4, 0.5) is 5.69 Å². The SMILES string of the molecule is CN(C)S(=O)(=O)CCNc1ccc(C#N)c(Br)c1. The maximum absolute atomic E-state index is 11.5. The number of halogens is 1. The molecule has 5 nitrogen and oxygen atoms in total. The summed E-state index contributed by atoms with van der Waals surface area (Å²) in [5.74, 6) is 0.0254. The lowest BCUT2D eigenvalue weighted by atomic mass is 10.2. The highest BCUT2D eigenvalue weighted by Gasteiger charge is 2.12. The summed E-state index contributed by atoms with van der Waals surface area (Å²) in [7, 11) is -0.169. The second-order valence-corrected chi connectivity index (χ2v) is 6.99. The Labute approximate surface area is 116 Å². The maximum atomic E-state index is 11.5. The number of hydrogen-bond acceptors (Lipinski definition) is 4. The van der Waals surface area contributed by atoms with E-state index >= 15 is 0 Å². The monoisotopic (exact) mass is 331 g/mol. The normalized spacial score (nSPS) is 11.3. The maximum Gasteiger partial charge on any atom is 0.215 e. The van der Waals surface area contributed by atoms with Crippen LogP contribution >= 0.6 is 15.9 Å². The second kappa shape index (κ2) is 6.18. The van der Waals surface area contributed by atoms with Crippen LogP contribution in [0.2, 0.25) is 0 Å². The third-order valence-electron chi connectivity index (χ3n) is 2.34. The molecular weight excluding hydrogens is 318 g/mol. The molecule has 1 aromatic rings. The van der Waals surface area contributed by atoms with Gasteiger partial charge in [0.2, 0.25) is 10.0 Å². The first-order valence-electron chi connectivity index (χ1n) is 5.20. The molecule has 18 heavy (non-hydrogen) atoms. The fourth-order valence-corrected chi connectivity index (χ4v) is 2.42. The number of hydrogen-bond donors (Lipinski definition) is 1. The fraction of sp³-hybridized carbons (Fsp3) is 0.364. The third kappa shape index (κ3) is 3.98. The minimum absolute atomic E-state index is 0.0254. The number of nitrogens with one attached hydrogen (secondary N) is 1. The molecule has 0 unspecified atom stereocenters. The highest BCUT2D eigenvalue weighted by molar-refractivity contribution is 9.10. The van der Waals surface area contributed by atoms with Crippen molar-refractivity contribution in [3.05, 3.63) is 28.2 Å². The molecule has 0 bridgehead atoms. The van der Waals surface area contributed by atoms with Crippen molar-refractivity contribution in [1.82, 2.24) is 4.31 Å². The van der Waals surface area contributed by atoms with E-state index in [1.807, 2.05) is 6.07 Å². The predicted octanol–water partition coefficient (Wildman–Crippen LogP) is 1.62. The van der Waals surface area contributed by atoms with E-state index in [1.165, 1.54) is 18.4 Å². The molecule has 98 valence electrons. The van der Waals surface area contributed by atoms with Gasteiger partial charge in [-0.05, 0) is 34.1 Å². The Morgan fingerprint density at radius 1 is 1.44 bits per heavy atom. The first-order chi connectivity index (χ1) is 8.36. The second-order valence-electron chi connectivity index (χ2n) is 3.83. The van der Waals surface area contributed by atoms with Gasteiger partial charge < -0.3 is 5.32 Å².